The van der Waals surface area contributed by atoms with E-state index in [0.717, 1.165) is 6.07 Å². The minimum absolute atomic E-state index is 0. The van der Waals surface area contributed by atoms with Crippen LogP contribution in [0, 0.1) is 5.82 Å². The Morgan fingerprint density at radius 1 is 1.22 bits per heavy atom. The maximum atomic E-state index is 13.8. The second kappa shape index (κ2) is 11.9. The molecule has 0 unspecified atom stereocenters. The maximum absolute atomic E-state index is 13.8. The topological polar surface area (TPSA) is 148 Å². The molecule has 1 aliphatic rings. The van der Waals surface area contributed by atoms with E-state index >= 15 is 0 Å². The molecule has 0 saturated carbocycles. The van der Waals surface area contributed by atoms with Crippen LogP contribution in [0.2, 0.25) is 0 Å². The average molecular weight is 542 g/mol. The van der Waals surface area contributed by atoms with Crippen molar-refractivity contribution in [3.63, 3.8) is 0 Å². The van der Waals surface area contributed by atoms with Crippen LogP contribution in [0.3, 0.4) is 0 Å². The third kappa shape index (κ3) is 6.33. The van der Waals surface area contributed by atoms with E-state index in [1.165, 1.54) is 22.6 Å². The van der Waals surface area contributed by atoms with Gasteiger partial charge in [-0.1, -0.05) is 6.07 Å². The van der Waals surface area contributed by atoms with Gasteiger partial charge >= 0.3 is 29.6 Å². The van der Waals surface area contributed by atoms with E-state index < -0.39 is 34.2 Å². The van der Waals surface area contributed by atoms with Crippen molar-refractivity contribution in [2.24, 2.45) is 0 Å². The number of nitrogens with zero attached hydrogens (tertiary/aromatic N) is 3. The molecule has 1 aromatic carbocycles. The van der Waals surface area contributed by atoms with E-state index in [1.807, 2.05) is 0 Å². The third-order valence-corrected chi connectivity index (χ3v) is 7.62. The van der Waals surface area contributed by atoms with Gasteiger partial charge in [0.15, 0.2) is 17.3 Å². The molecule has 3 aromatic rings. The Labute approximate surface area is 238 Å². The fourth-order valence-electron chi connectivity index (χ4n) is 4.02. The predicted octanol–water partition coefficient (Wildman–Crippen LogP) is 0.925. The van der Waals surface area contributed by atoms with Crippen LogP contribution >= 0.6 is 10.8 Å². The van der Waals surface area contributed by atoms with E-state index in [4.69, 9.17) is 0 Å². The first-order valence-electron chi connectivity index (χ1n) is 11.5. The van der Waals surface area contributed by atoms with Gasteiger partial charge in [0.05, 0.1) is 5.75 Å². The molecule has 0 spiro atoms. The number of carbonyl (C=O) groups excluding carboxylic acids is 2. The summed E-state index contributed by atoms with van der Waals surface area (Å²) in [6, 6.07) is 6.76. The molecule has 1 saturated heterocycles. The monoisotopic (exact) mass is 541 g/mol. The minimum Gasteiger partial charge on any atom is -1.00 e. The Bertz CT molecular complexity index is 1330. The summed E-state index contributed by atoms with van der Waals surface area (Å²) in [6.07, 6.45) is 2.79. The number of hydrogen-bond acceptors (Lipinski definition) is 8. The van der Waals surface area contributed by atoms with E-state index in [9.17, 15) is 28.2 Å². The summed E-state index contributed by atoms with van der Waals surface area (Å²) in [4.78, 5) is 34.2. The molecular weight excluding hydrogens is 512 g/mol. The zero-order chi connectivity index (χ0) is 26.0. The van der Waals surface area contributed by atoms with Gasteiger partial charge in [0, 0.05) is 36.3 Å². The summed E-state index contributed by atoms with van der Waals surface area (Å²) in [7, 11) is -3.16. The molecule has 4 rings (SSSR count). The zero-order valence-corrected chi connectivity index (χ0v) is 23.7. The first-order chi connectivity index (χ1) is 17.1. The molecular formula is C24H29FN5NaO5S. The summed E-state index contributed by atoms with van der Waals surface area (Å²) in [6.45, 7) is 3.72. The fourth-order valence-corrected chi connectivity index (χ4v) is 5.67. The second-order valence-electron chi connectivity index (χ2n) is 8.79. The van der Waals surface area contributed by atoms with Crippen molar-refractivity contribution >= 4 is 39.3 Å². The molecule has 37 heavy (non-hydrogen) atoms. The third-order valence-electron chi connectivity index (χ3n) is 5.72. The van der Waals surface area contributed by atoms with Crippen molar-refractivity contribution in [1.29, 1.82) is 0 Å². The summed E-state index contributed by atoms with van der Waals surface area (Å²) in [5.74, 6) is -2.00. The van der Waals surface area contributed by atoms with Crippen LogP contribution < -0.4 is 44.5 Å². The molecule has 1 fully saturated rings. The Balaban J connectivity index is 0.00000253. The molecule has 2 aromatic heterocycles. The molecule has 0 bridgehead atoms. The molecule has 3 heterocycles. The van der Waals surface area contributed by atoms with E-state index in [1.54, 1.807) is 26.0 Å². The quantitative estimate of drug-likeness (QED) is 0.290. The van der Waals surface area contributed by atoms with Crippen LogP contribution in [0.15, 0.2) is 36.5 Å². The van der Waals surface area contributed by atoms with Crippen LogP contribution in [0.4, 0.5) is 10.2 Å². The number of aromatic nitrogens is 2. The Morgan fingerprint density at radius 3 is 2.68 bits per heavy atom. The number of anilines is 1. The Morgan fingerprint density at radius 2 is 1.97 bits per heavy atom. The van der Waals surface area contributed by atoms with Crippen molar-refractivity contribution in [3.8, 4) is 5.75 Å². The van der Waals surface area contributed by atoms with Gasteiger partial charge in [-0.25, -0.2) is 9.37 Å². The molecule has 5 N–H and O–H groups in total. The largest absolute Gasteiger partial charge is 1.00 e. The van der Waals surface area contributed by atoms with Gasteiger partial charge in [0.1, 0.15) is 11.3 Å². The molecule has 0 aliphatic carbocycles. The van der Waals surface area contributed by atoms with Crippen molar-refractivity contribution in [3.05, 3.63) is 59.2 Å². The second-order valence-corrected chi connectivity index (χ2v) is 10.9. The van der Waals surface area contributed by atoms with E-state index in [0.29, 0.717) is 30.3 Å². The summed E-state index contributed by atoms with van der Waals surface area (Å²) in [5.41, 5.74) is 0.176. The summed E-state index contributed by atoms with van der Waals surface area (Å²) >= 11 is 0. The van der Waals surface area contributed by atoms with Crippen LogP contribution in [0.5, 0.6) is 5.75 Å². The predicted molar refractivity (Wildman–Crippen MR) is 137 cm³/mol. The molecule has 13 heteroatoms. The molecule has 0 radical (unpaired) electrons. The molecule has 194 valence electrons. The first kappa shape index (κ1) is 29.1. The number of pyridine rings is 2. The van der Waals surface area contributed by atoms with Gasteiger partial charge in [-0.3, -0.25) is 28.0 Å². The normalized spacial score (nSPS) is 15.7. The number of halogens is 1. The number of nitrogens with one attached hydrogen (secondary N) is 2. The number of fused-ring (bicyclic) bond motifs is 1. The van der Waals surface area contributed by atoms with Gasteiger partial charge in [-0.2, -0.15) is 0 Å². The number of carbonyl (C=O) groups is 2. The number of benzene rings is 1. The van der Waals surface area contributed by atoms with Gasteiger partial charge < -0.3 is 17.2 Å². The van der Waals surface area contributed by atoms with Crippen molar-refractivity contribution in [2.45, 2.75) is 39.3 Å². The molecule has 0 atom stereocenters. The molecule has 2 amide bonds. The van der Waals surface area contributed by atoms with Gasteiger partial charge in [-0.15, -0.1) is 10.8 Å². The van der Waals surface area contributed by atoms with Crippen LogP contribution in [0.25, 0.3) is 10.9 Å². The zero-order valence-electron chi connectivity index (χ0n) is 21.9. The van der Waals surface area contributed by atoms with Crippen LogP contribution in [0.1, 0.15) is 54.5 Å². The molecule has 1 aliphatic heterocycles. The van der Waals surface area contributed by atoms with Crippen molar-refractivity contribution < 1.29 is 59.2 Å². The van der Waals surface area contributed by atoms with Gasteiger partial charge in [-0.05, 0) is 56.5 Å². The number of aromatic hydroxyl groups is 1. The van der Waals surface area contributed by atoms with Crippen molar-refractivity contribution in [2.75, 3.05) is 16.6 Å². The van der Waals surface area contributed by atoms with Crippen LogP contribution in [-0.2, 0) is 6.54 Å². The number of amides is 2. The van der Waals surface area contributed by atoms with Crippen LogP contribution in [-0.4, -0.2) is 54.3 Å². The minimum atomic E-state index is -3.16. The number of rotatable bonds is 6. The maximum Gasteiger partial charge on any atom is 1.00 e. The summed E-state index contributed by atoms with van der Waals surface area (Å²) in [5, 5.41) is 16.5. The van der Waals surface area contributed by atoms with Crippen molar-refractivity contribution in [1.82, 2.24) is 20.6 Å². The summed E-state index contributed by atoms with van der Waals surface area (Å²) < 4.78 is 36.5. The SMILES string of the molecule is CC(C)NC(=O)c1cc(F)ccc1CNC(=O)c1nc(N2CCCCS2(O)O)c2cccnc2c1O.[H-].[Na+]. The standard InChI is InChI=1S/C24H28FN5O5S.Na.H/c1-14(2)28-23(32)18-12-16(25)8-7-15(18)13-27-24(33)20-21(31)19-17(6-5-9-26-19)22(29-20)30-10-3-4-11-36(30,34)35;;/h5-9,12,14,31,34-35H,3-4,10-11,13H2,1-2H3,(H,27,33)(H,28,32);;/q;+1;-1. The molecule has 10 nitrogen and oxygen atoms in total. The first-order valence-corrected chi connectivity index (χ1v) is 13.1. The van der Waals surface area contributed by atoms with Gasteiger partial charge in [0.2, 0.25) is 0 Å². The van der Waals surface area contributed by atoms with E-state index in [-0.39, 0.29) is 71.9 Å². The van der Waals surface area contributed by atoms with E-state index in [2.05, 4.69) is 20.6 Å². The average Bonchev–Trinajstić information content (AvgIpc) is 2.83. The van der Waals surface area contributed by atoms with Gasteiger partial charge in [0.25, 0.3) is 11.8 Å². The number of hydrogen-bond donors (Lipinski definition) is 5. The Hall–Kier alpha value is -2.48. The smallest absolute Gasteiger partial charge is 1.00 e. The Kier molecular flexibility index (Phi) is 9.37. The fraction of sp³-hybridized carbons (Fsp3) is 0.333.